The lowest BCUT2D eigenvalue weighted by Crippen LogP contribution is -2.43. The normalized spacial score (nSPS) is 20.0. The Balaban J connectivity index is 1.86. The van der Waals surface area contributed by atoms with Crippen molar-refractivity contribution in [3.63, 3.8) is 0 Å². The van der Waals surface area contributed by atoms with Gasteiger partial charge in [0.25, 0.3) is 0 Å². The van der Waals surface area contributed by atoms with Gasteiger partial charge in [0.1, 0.15) is 11.4 Å². The van der Waals surface area contributed by atoms with E-state index in [1.807, 2.05) is 43.3 Å². The first-order valence-corrected chi connectivity index (χ1v) is 9.71. The highest BCUT2D eigenvalue weighted by Crippen LogP contribution is 2.37. The summed E-state index contributed by atoms with van der Waals surface area (Å²) < 4.78 is 5.09. The smallest absolute Gasteiger partial charge is 0.356 e. The molecule has 0 saturated carbocycles. The molecule has 2 unspecified atom stereocenters. The van der Waals surface area contributed by atoms with Crippen molar-refractivity contribution in [1.82, 2.24) is 4.98 Å². The van der Waals surface area contributed by atoms with Crippen molar-refractivity contribution in [2.75, 3.05) is 25.6 Å². The van der Waals surface area contributed by atoms with Gasteiger partial charge in [-0.15, -0.1) is 0 Å². The van der Waals surface area contributed by atoms with Crippen LogP contribution in [0.15, 0.2) is 59.4 Å². The van der Waals surface area contributed by atoms with Crippen LogP contribution in [0.4, 0.5) is 5.69 Å². The minimum atomic E-state index is -0.847. The van der Waals surface area contributed by atoms with Crippen molar-refractivity contribution in [2.45, 2.75) is 6.92 Å². The van der Waals surface area contributed by atoms with Gasteiger partial charge in [-0.25, -0.2) is 9.79 Å². The zero-order chi connectivity index (χ0) is 21.4. The number of aromatic nitrogens is 1. The number of esters is 1. The predicted molar refractivity (Wildman–Crippen MR) is 112 cm³/mol. The van der Waals surface area contributed by atoms with Crippen LogP contribution in [-0.4, -0.2) is 48.9 Å². The molecular formula is C23H21N3O4. The van der Waals surface area contributed by atoms with Crippen LogP contribution in [0.3, 0.4) is 0 Å². The molecule has 7 heteroatoms. The fourth-order valence-corrected chi connectivity index (χ4v) is 3.81. The SMILES string of the molecule is CCOC(=O)C1=CC2C(=O)c3ncccc3C(=O)C2C(c2ccc(N(C)C)cc2)=N1. The van der Waals surface area contributed by atoms with Gasteiger partial charge in [0.2, 0.25) is 0 Å². The Kier molecular flexibility index (Phi) is 5.03. The van der Waals surface area contributed by atoms with Crippen molar-refractivity contribution in [3.05, 3.63) is 71.2 Å². The molecule has 0 N–H and O–H groups in total. The van der Waals surface area contributed by atoms with Crippen LogP contribution >= 0.6 is 0 Å². The molecule has 7 nitrogen and oxygen atoms in total. The fourth-order valence-electron chi connectivity index (χ4n) is 3.81. The second-order valence-electron chi connectivity index (χ2n) is 7.34. The standard InChI is InChI=1S/C23H21N3O4/c1-4-30-23(29)17-12-16-18(21(27)15-6-5-11-24-20(15)22(16)28)19(25-17)13-7-9-14(10-8-13)26(2)3/h5-12,16,18H,4H2,1-3H3. The third-order valence-electron chi connectivity index (χ3n) is 5.29. The van der Waals surface area contributed by atoms with Crippen LogP contribution in [-0.2, 0) is 9.53 Å². The van der Waals surface area contributed by atoms with Crippen LogP contribution in [0, 0.1) is 11.8 Å². The highest BCUT2D eigenvalue weighted by molar-refractivity contribution is 6.27. The van der Waals surface area contributed by atoms with E-state index >= 15 is 0 Å². The van der Waals surface area contributed by atoms with Crippen molar-refractivity contribution in [3.8, 4) is 0 Å². The summed E-state index contributed by atoms with van der Waals surface area (Å²) in [5.41, 5.74) is 2.50. The molecule has 0 radical (unpaired) electrons. The lowest BCUT2D eigenvalue weighted by Gasteiger charge is -2.32. The van der Waals surface area contributed by atoms with Crippen LogP contribution < -0.4 is 4.90 Å². The van der Waals surface area contributed by atoms with Gasteiger partial charge in [0.05, 0.1) is 24.2 Å². The number of aliphatic imine (C=N–C) groups is 1. The Morgan fingerprint density at radius 2 is 1.83 bits per heavy atom. The van der Waals surface area contributed by atoms with Gasteiger partial charge in [-0.3, -0.25) is 14.6 Å². The number of benzene rings is 1. The van der Waals surface area contributed by atoms with E-state index < -0.39 is 17.8 Å². The number of nitrogens with zero attached hydrogens (tertiary/aromatic N) is 3. The van der Waals surface area contributed by atoms with E-state index in [-0.39, 0.29) is 35.1 Å². The third kappa shape index (κ3) is 3.22. The van der Waals surface area contributed by atoms with Gasteiger partial charge in [-0.2, -0.15) is 0 Å². The number of pyridine rings is 1. The summed E-state index contributed by atoms with van der Waals surface area (Å²) in [6, 6.07) is 10.7. The molecular weight excluding hydrogens is 382 g/mol. The number of rotatable bonds is 4. The number of hydrogen-bond acceptors (Lipinski definition) is 7. The molecule has 1 aromatic heterocycles. The number of Topliss-reactive ketones (excluding diaryl/α,β-unsaturated/α-hetero) is 2. The Morgan fingerprint density at radius 1 is 1.10 bits per heavy atom. The predicted octanol–water partition coefficient (Wildman–Crippen LogP) is 2.71. The number of carbonyl (C=O) groups excluding carboxylic acids is 3. The second-order valence-corrected chi connectivity index (χ2v) is 7.34. The molecule has 0 bridgehead atoms. The van der Waals surface area contributed by atoms with Gasteiger partial charge in [-0.05, 0) is 42.8 Å². The lowest BCUT2D eigenvalue weighted by atomic mass is 9.70. The fraction of sp³-hybridized carbons (Fsp3) is 0.261. The first-order valence-electron chi connectivity index (χ1n) is 9.71. The Bertz CT molecular complexity index is 1100. The molecule has 0 spiro atoms. The summed E-state index contributed by atoms with van der Waals surface area (Å²) >= 11 is 0. The topological polar surface area (TPSA) is 88.9 Å². The maximum absolute atomic E-state index is 13.3. The summed E-state index contributed by atoms with van der Waals surface area (Å²) in [5.74, 6) is -2.80. The van der Waals surface area contributed by atoms with Crippen LogP contribution in [0.1, 0.15) is 33.3 Å². The van der Waals surface area contributed by atoms with E-state index in [0.29, 0.717) is 11.3 Å². The molecule has 1 aromatic carbocycles. The molecule has 0 amide bonds. The van der Waals surface area contributed by atoms with Gasteiger partial charge < -0.3 is 9.64 Å². The van der Waals surface area contributed by atoms with Crippen LogP contribution in [0.2, 0.25) is 0 Å². The number of allylic oxidation sites excluding steroid dienone is 1. The summed E-state index contributed by atoms with van der Waals surface area (Å²) in [6.45, 7) is 1.88. The minimum Gasteiger partial charge on any atom is -0.461 e. The highest BCUT2D eigenvalue weighted by Gasteiger charge is 2.46. The lowest BCUT2D eigenvalue weighted by molar-refractivity contribution is -0.138. The van der Waals surface area contributed by atoms with Crippen molar-refractivity contribution >= 4 is 28.9 Å². The van der Waals surface area contributed by atoms with E-state index in [0.717, 1.165) is 5.69 Å². The number of hydrogen-bond donors (Lipinski definition) is 0. The Hall–Kier alpha value is -3.61. The van der Waals surface area contributed by atoms with Gasteiger partial charge in [-0.1, -0.05) is 12.1 Å². The van der Waals surface area contributed by atoms with Crippen molar-refractivity contribution in [2.24, 2.45) is 16.8 Å². The van der Waals surface area contributed by atoms with E-state index in [9.17, 15) is 14.4 Å². The molecule has 4 rings (SSSR count). The molecule has 1 aliphatic heterocycles. The molecule has 152 valence electrons. The maximum Gasteiger partial charge on any atom is 0.356 e. The molecule has 1 aliphatic carbocycles. The molecule has 0 fully saturated rings. The number of fused-ring (bicyclic) bond motifs is 2. The summed E-state index contributed by atoms with van der Waals surface area (Å²) in [7, 11) is 3.86. The molecule has 2 aromatic rings. The maximum atomic E-state index is 13.3. The largest absolute Gasteiger partial charge is 0.461 e. The van der Waals surface area contributed by atoms with Crippen LogP contribution in [0.25, 0.3) is 0 Å². The summed E-state index contributed by atoms with van der Waals surface area (Å²) in [4.78, 5) is 49.5. The number of anilines is 1. The number of carbonyl (C=O) groups is 3. The average Bonchev–Trinajstić information content (AvgIpc) is 2.77. The molecule has 2 heterocycles. The minimum absolute atomic E-state index is 0.0327. The molecule has 2 atom stereocenters. The zero-order valence-corrected chi connectivity index (χ0v) is 17.0. The number of ketones is 2. The summed E-state index contributed by atoms with van der Waals surface area (Å²) in [6.07, 6.45) is 2.93. The Labute approximate surface area is 174 Å². The van der Waals surface area contributed by atoms with Gasteiger partial charge >= 0.3 is 5.97 Å². The monoisotopic (exact) mass is 403 g/mol. The quantitative estimate of drug-likeness (QED) is 0.730. The number of ether oxygens (including phenoxy) is 1. The third-order valence-corrected chi connectivity index (χ3v) is 5.29. The van der Waals surface area contributed by atoms with E-state index in [1.54, 1.807) is 19.1 Å². The zero-order valence-electron chi connectivity index (χ0n) is 17.0. The van der Waals surface area contributed by atoms with Crippen LogP contribution in [0.5, 0.6) is 0 Å². The molecule has 0 saturated heterocycles. The highest BCUT2D eigenvalue weighted by atomic mass is 16.5. The van der Waals surface area contributed by atoms with Gasteiger partial charge in [0, 0.05) is 31.5 Å². The average molecular weight is 403 g/mol. The van der Waals surface area contributed by atoms with Crippen molar-refractivity contribution < 1.29 is 19.1 Å². The first kappa shape index (κ1) is 19.7. The first-order chi connectivity index (χ1) is 14.4. The van der Waals surface area contributed by atoms with E-state index in [1.165, 1.54) is 12.3 Å². The second kappa shape index (κ2) is 7.67. The van der Waals surface area contributed by atoms with Gasteiger partial charge in [0.15, 0.2) is 11.6 Å². The Morgan fingerprint density at radius 3 is 2.50 bits per heavy atom. The van der Waals surface area contributed by atoms with E-state index in [2.05, 4.69) is 9.98 Å². The molecule has 2 aliphatic rings. The van der Waals surface area contributed by atoms with Crippen molar-refractivity contribution in [1.29, 1.82) is 0 Å². The van der Waals surface area contributed by atoms with E-state index in [4.69, 9.17) is 4.74 Å². The molecule has 30 heavy (non-hydrogen) atoms. The summed E-state index contributed by atoms with van der Waals surface area (Å²) in [5, 5.41) is 0.